The number of fused-ring (bicyclic) bond motifs is 6. The van der Waals surface area contributed by atoms with Crippen LogP contribution in [-0.4, -0.2) is 9.97 Å². The maximum absolute atomic E-state index is 4.84. The van der Waals surface area contributed by atoms with E-state index in [1.807, 2.05) is 35.1 Å². The molecular formula is C58H36N2S2. The molecule has 4 aromatic heterocycles. The van der Waals surface area contributed by atoms with E-state index in [1.54, 1.807) is 0 Å². The third-order valence-electron chi connectivity index (χ3n) is 12.0. The molecule has 0 N–H and O–H groups in total. The standard InChI is InChI=1S/C58H36N2S2/c1-3-13-37(14-4-1)45-21-9-25-49-51-27-11-23-47(57(51)61-55(45)49)43-19-7-17-39(33-43)41-29-31-59-53(35-41)54-36-42(30-32-60-54)40-18-8-20-44(34-40)48-24-12-28-52-50-26-10-22-46(56(50)62-58(48)52)38-15-5-2-6-16-38/h1-36H. The van der Waals surface area contributed by atoms with Gasteiger partial charge in [0.15, 0.2) is 0 Å². The van der Waals surface area contributed by atoms with Crippen LogP contribution < -0.4 is 0 Å². The highest BCUT2D eigenvalue weighted by Gasteiger charge is 2.17. The van der Waals surface area contributed by atoms with E-state index in [9.17, 15) is 0 Å². The van der Waals surface area contributed by atoms with E-state index >= 15 is 0 Å². The minimum atomic E-state index is 0.843. The number of hydrogen-bond acceptors (Lipinski definition) is 4. The van der Waals surface area contributed by atoms with Crippen molar-refractivity contribution in [1.82, 2.24) is 9.97 Å². The minimum Gasteiger partial charge on any atom is -0.255 e. The van der Waals surface area contributed by atoms with Gasteiger partial charge in [0, 0.05) is 52.7 Å². The number of benzene rings is 8. The second-order valence-electron chi connectivity index (χ2n) is 15.7. The molecule has 0 saturated heterocycles. The molecule has 0 aliphatic rings. The fraction of sp³-hybridized carbons (Fsp3) is 0. The lowest BCUT2D eigenvalue weighted by molar-refractivity contribution is 1.25. The van der Waals surface area contributed by atoms with Gasteiger partial charge >= 0.3 is 0 Å². The van der Waals surface area contributed by atoms with Gasteiger partial charge in [-0.3, -0.25) is 9.97 Å². The molecule has 0 aliphatic heterocycles. The minimum absolute atomic E-state index is 0.843. The topological polar surface area (TPSA) is 25.8 Å². The molecule has 0 radical (unpaired) electrons. The molecule has 0 unspecified atom stereocenters. The highest BCUT2D eigenvalue weighted by molar-refractivity contribution is 7.27. The molecule has 0 atom stereocenters. The molecule has 12 rings (SSSR count). The largest absolute Gasteiger partial charge is 0.255 e. The van der Waals surface area contributed by atoms with E-state index in [0.717, 1.165) is 33.6 Å². The van der Waals surface area contributed by atoms with Crippen LogP contribution in [0.25, 0.3) is 118 Å². The molecule has 2 nitrogen and oxygen atoms in total. The first kappa shape index (κ1) is 36.4. The monoisotopic (exact) mass is 824 g/mol. The Labute approximate surface area is 367 Å². The van der Waals surface area contributed by atoms with E-state index in [4.69, 9.17) is 9.97 Å². The van der Waals surface area contributed by atoms with Gasteiger partial charge in [0.25, 0.3) is 0 Å². The van der Waals surface area contributed by atoms with Crippen molar-refractivity contribution in [2.75, 3.05) is 0 Å². The first-order chi connectivity index (χ1) is 30.7. The second-order valence-corrected chi connectivity index (χ2v) is 17.7. The van der Waals surface area contributed by atoms with Crippen molar-refractivity contribution < 1.29 is 0 Å². The van der Waals surface area contributed by atoms with Crippen LogP contribution in [0.5, 0.6) is 0 Å². The van der Waals surface area contributed by atoms with Crippen molar-refractivity contribution in [2.45, 2.75) is 0 Å². The van der Waals surface area contributed by atoms with Gasteiger partial charge in [-0.1, -0.05) is 170 Å². The molecule has 12 aromatic rings. The van der Waals surface area contributed by atoms with Crippen molar-refractivity contribution in [1.29, 1.82) is 0 Å². The Balaban J connectivity index is 0.876. The average Bonchev–Trinajstić information content (AvgIpc) is 3.94. The van der Waals surface area contributed by atoms with Crippen molar-refractivity contribution in [3.05, 3.63) is 219 Å². The van der Waals surface area contributed by atoms with Crippen LogP contribution in [-0.2, 0) is 0 Å². The fourth-order valence-corrected chi connectivity index (χ4v) is 11.8. The number of thiophene rings is 2. The summed E-state index contributed by atoms with van der Waals surface area (Å²) < 4.78 is 5.26. The maximum Gasteiger partial charge on any atom is 0.0892 e. The molecule has 0 aliphatic carbocycles. The Kier molecular flexibility index (Phi) is 8.91. The van der Waals surface area contributed by atoms with Crippen molar-refractivity contribution in [2.24, 2.45) is 0 Å². The number of hydrogen-bond donors (Lipinski definition) is 0. The zero-order valence-corrected chi connectivity index (χ0v) is 35.1. The average molecular weight is 825 g/mol. The van der Waals surface area contributed by atoms with E-state index in [2.05, 4.69) is 206 Å². The van der Waals surface area contributed by atoms with Gasteiger partial charge in [-0.2, -0.15) is 0 Å². The van der Waals surface area contributed by atoms with E-state index in [0.29, 0.717) is 0 Å². The first-order valence-corrected chi connectivity index (χ1v) is 22.5. The summed E-state index contributed by atoms with van der Waals surface area (Å²) in [5.41, 5.74) is 16.1. The van der Waals surface area contributed by atoms with Gasteiger partial charge in [0.2, 0.25) is 0 Å². The van der Waals surface area contributed by atoms with Crippen LogP contribution in [0.2, 0.25) is 0 Å². The summed E-state index contributed by atoms with van der Waals surface area (Å²) in [5, 5.41) is 5.19. The zero-order chi connectivity index (χ0) is 41.0. The van der Waals surface area contributed by atoms with Gasteiger partial charge in [-0.05, 0) is 103 Å². The fourth-order valence-electron chi connectivity index (χ4n) is 9.02. The number of nitrogens with zero attached hydrogens (tertiary/aromatic N) is 2. The molecule has 0 amide bonds. The second kappa shape index (κ2) is 15.2. The SMILES string of the molecule is c1ccc(-c2cccc3c2sc2c(-c4cccc(-c5ccnc(-c6cc(-c7cccc(-c8cccc9c8sc8c(-c%10ccccc%10)cccc89)c7)ccn6)c5)c4)cccc23)cc1. The van der Waals surface area contributed by atoms with Gasteiger partial charge in [-0.15, -0.1) is 22.7 Å². The lowest BCUT2D eigenvalue weighted by atomic mass is 9.96. The van der Waals surface area contributed by atoms with Crippen molar-refractivity contribution in [3.8, 4) is 78.1 Å². The molecule has 0 fully saturated rings. The Bertz CT molecular complexity index is 3400. The predicted octanol–water partition coefficient (Wildman–Crippen LogP) is 16.9. The third-order valence-corrected chi connectivity index (χ3v) is 14.6. The lowest BCUT2D eigenvalue weighted by Gasteiger charge is -2.10. The molecular weight excluding hydrogens is 789 g/mol. The summed E-state index contributed by atoms with van der Waals surface area (Å²) in [6.45, 7) is 0. The quantitative estimate of drug-likeness (QED) is 0.160. The zero-order valence-electron chi connectivity index (χ0n) is 33.5. The summed E-state index contributed by atoms with van der Waals surface area (Å²) in [5.74, 6) is 0. The number of rotatable bonds is 7. The Hall–Kier alpha value is -7.50. The number of pyridine rings is 2. The van der Waals surface area contributed by atoms with Gasteiger partial charge < -0.3 is 0 Å². The highest BCUT2D eigenvalue weighted by atomic mass is 32.1. The van der Waals surface area contributed by atoms with Crippen LogP contribution >= 0.6 is 22.7 Å². The van der Waals surface area contributed by atoms with Crippen LogP contribution in [0.4, 0.5) is 0 Å². The van der Waals surface area contributed by atoms with Crippen molar-refractivity contribution in [3.63, 3.8) is 0 Å². The Morgan fingerprint density at radius 1 is 0.242 bits per heavy atom. The van der Waals surface area contributed by atoms with Crippen molar-refractivity contribution >= 4 is 63.0 Å². The molecule has 0 saturated carbocycles. The van der Waals surface area contributed by atoms with E-state index in [1.165, 1.54) is 84.9 Å². The Morgan fingerprint density at radius 3 is 0.935 bits per heavy atom. The normalized spacial score (nSPS) is 11.5. The van der Waals surface area contributed by atoms with Crippen LogP contribution in [0.3, 0.4) is 0 Å². The molecule has 62 heavy (non-hydrogen) atoms. The van der Waals surface area contributed by atoms with Gasteiger partial charge in [-0.25, -0.2) is 0 Å². The van der Waals surface area contributed by atoms with Gasteiger partial charge in [0.1, 0.15) is 0 Å². The molecule has 290 valence electrons. The Morgan fingerprint density at radius 2 is 0.548 bits per heavy atom. The van der Waals surface area contributed by atoms with E-state index < -0.39 is 0 Å². The van der Waals surface area contributed by atoms with Gasteiger partial charge in [0.05, 0.1) is 11.4 Å². The third kappa shape index (κ3) is 6.31. The molecule has 0 bridgehead atoms. The van der Waals surface area contributed by atoms with Crippen LogP contribution in [0, 0.1) is 0 Å². The summed E-state index contributed by atoms with van der Waals surface area (Å²) in [4.78, 5) is 9.68. The molecule has 4 heterocycles. The molecule has 8 aromatic carbocycles. The number of aromatic nitrogens is 2. The lowest BCUT2D eigenvalue weighted by Crippen LogP contribution is -1.90. The predicted molar refractivity (Wildman–Crippen MR) is 266 cm³/mol. The summed E-state index contributed by atoms with van der Waals surface area (Å²) >= 11 is 3.78. The summed E-state index contributed by atoms with van der Waals surface area (Å²) in [6, 6.07) is 74.5. The molecule has 4 heteroatoms. The highest BCUT2D eigenvalue weighted by Crippen LogP contribution is 2.46. The van der Waals surface area contributed by atoms with E-state index in [-0.39, 0.29) is 0 Å². The summed E-state index contributed by atoms with van der Waals surface area (Å²) in [7, 11) is 0. The maximum atomic E-state index is 4.84. The van der Waals surface area contributed by atoms with Crippen LogP contribution in [0.1, 0.15) is 0 Å². The van der Waals surface area contributed by atoms with Crippen LogP contribution in [0.15, 0.2) is 219 Å². The summed E-state index contributed by atoms with van der Waals surface area (Å²) in [6.07, 6.45) is 3.80. The molecule has 0 spiro atoms. The smallest absolute Gasteiger partial charge is 0.0892 e. The first-order valence-electron chi connectivity index (χ1n) is 20.9.